The van der Waals surface area contributed by atoms with Crippen LogP contribution in [0.5, 0.6) is 0 Å². The Balaban J connectivity index is 1.66. The fraction of sp³-hybridized carbons (Fsp3) is 0.562. The molecule has 0 radical (unpaired) electrons. The fourth-order valence-corrected chi connectivity index (χ4v) is 4.06. The van der Waals surface area contributed by atoms with Gasteiger partial charge in [0.2, 0.25) is 0 Å². The van der Waals surface area contributed by atoms with Gasteiger partial charge in [0, 0.05) is 18.6 Å². The molecule has 1 aliphatic carbocycles. The number of anilines is 1. The second-order valence-corrected chi connectivity index (χ2v) is 8.40. The van der Waals surface area contributed by atoms with Gasteiger partial charge in [-0.15, -0.1) is 0 Å². The Hall–Kier alpha value is -1.60. The molecule has 2 N–H and O–H groups in total. The highest BCUT2D eigenvalue weighted by Gasteiger charge is 2.41. The third-order valence-electron chi connectivity index (χ3n) is 4.38. The second-order valence-electron chi connectivity index (χ2n) is 6.42. The normalized spacial score (nSPS) is 24.4. The minimum Gasteiger partial charge on any atom is -0.376 e. The number of nitrogens with one attached hydrogen (secondary N) is 2. The second kappa shape index (κ2) is 6.13. The molecule has 2 unspecified atom stereocenters. The first-order chi connectivity index (χ1) is 10.8. The molecule has 0 spiro atoms. The molecule has 1 aliphatic heterocycles. The summed E-state index contributed by atoms with van der Waals surface area (Å²) < 4.78 is 29.2. The molecule has 0 aromatic heterocycles. The smallest absolute Gasteiger partial charge is 0.319 e. The number of benzene rings is 1. The zero-order valence-corrected chi connectivity index (χ0v) is 14.2. The maximum Gasteiger partial charge on any atom is 0.319 e. The van der Waals surface area contributed by atoms with Crippen LogP contribution in [0.15, 0.2) is 23.1 Å². The number of urea groups is 1. The van der Waals surface area contributed by atoms with E-state index in [1.165, 1.54) is 18.9 Å². The van der Waals surface area contributed by atoms with E-state index in [4.69, 9.17) is 4.74 Å². The number of carbonyl (C=O) groups is 1. The van der Waals surface area contributed by atoms with Gasteiger partial charge >= 0.3 is 6.03 Å². The molecular weight excluding hydrogens is 316 g/mol. The largest absolute Gasteiger partial charge is 0.376 e. The molecule has 6 nitrogen and oxygen atoms in total. The predicted octanol–water partition coefficient (Wildman–Crippen LogP) is 2.09. The number of sulfone groups is 1. The van der Waals surface area contributed by atoms with Crippen LogP contribution >= 0.6 is 0 Å². The van der Waals surface area contributed by atoms with Crippen molar-refractivity contribution in [2.45, 2.75) is 43.2 Å². The number of hydrogen-bond donors (Lipinski definition) is 2. The summed E-state index contributed by atoms with van der Waals surface area (Å²) in [5.74, 6) is 0.569. The van der Waals surface area contributed by atoms with E-state index < -0.39 is 9.84 Å². The van der Waals surface area contributed by atoms with E-state index in [-0.39, 0.29) is 23.1 Å². The summed E-state index contributed by atoms with van der Waals surface area (Å²) in [6.07, 6.45) is 4.43. The van der Waals surface area contributed by atoms with E-state index in [9.17, 15) is 13.2 Å². The van der Waals surface area contributed by atoms with E-state index in [1.807, 2.05) is 0 Å². The third kappa shape index (κ3) is 3.84. The van der Waals surface area contributed by atoms with Gasteiger partial charge < -0.3 is 15.4 Å². The SMILES string of the molecule is Cc1ccc(NC(=O)NC2CCOC2C2CC2)cc1S(C)(=O)=O. The van der Waals surface area contributed by atoms with E-state index in [0.717, 1.165) is 12.7 Å². The molecule has 0 bridgehead atoms. The van der Waals surface area contributed by atoms with Gasteiger partial charge in [0.15, 0.2) is 9.84 Å². The van der Waals surface area contributed by atoms with E-state index in [0.29, 0.717) is 23.8 Å². The summed E-state index contributed by atoms with van der Waals surface area (Å²) in [6, 6.07) is 4.59. The van der Waals surface area contributed by atoms with Crippen molar-refractivity contribution < 1.29 is 17.9 Å². The molecule has 7 heteroatoms. The van der Waals surface area contributed by atoms with Crippen LogP contribution in [0.1, 0.15) is 24.8 Å². The Morgan fingerprint density at radius 1 is 1.26 bits per heavy atom. The first kappa shape index (κ1) is 16.3. The summed E-state index contributed by atoms with van der Waals surface area (Å²) >= 11 is 0. The first-order valence-electron chi connectivity index (χ1n) is 7.84. The molecule has 23 heavy (non-hydrogen) atoms. The van der Waals surface area contributed by atoms with Crippen molar-refractivity contribution in [2.24, 2.45) is 5.92 Å². The zero-order chi connectivity index (χ0) is 16.6. The summed E-state index contributed by atoms with van der Waals surface area (Å²) in [7, 11) is -3.32. The van der Waals surface area contributed by atoms with Gasteiger partial charge in [-0.05, 0) is 49.8 Å². The molecule has 1 heterocycles. The van der Waals surface area contributed by atoms with Gasteiger partial charge in [-0.3, -0.25) is 0 Å². The highest BCUT2D eigenvalue weighted by Crippen LogP contribution is 2.38. The minimum absolute atomic E-state index is 0.0299. The van der Waals surface area contributed by atoms with Crippen LogP contribution in [-0.4, -0.2) is 39.5 Å². The van der Waals surface area contributed by atoms with Crippen LogP contribution in [0.2, 0.25) is 0 Å². The molecule has 1 aromatic rings. The maximum absolute atomic E-state index is 12.2. The van der Waals surface area contributed by atoms with Crippen LogP contribution in [0.4, 0.5) is 10.5 Å². The summed E-state index contributed by atoms with van der Waals surface area (Å²) in [5, 5.41) is 5.67. The van der Waals surface area contributed by atoms with Crippen molar-refractivity contribution in [1.82, 2.24) is 5.32 Å². The van der Waals surface area contributed by atoms with E-state index >= 15 is 0 Å². The molecule has 126 valence electrons. The number of hydrogen-bond acceptors (Lipinski definition) is 4. The zero-order valence-electron chi connectivity index (χ0n) is 13.3. The van der Waals surface area contributed by atoms with Gasteiger partial charge in [-0.25, -0.2) is 13.2 Å². The molecule has 3 rings (SSSR count). The molecule has 2 fully saturated rings. The van der Waals surface area contributed by atoms with Gasteiger partial charge in [-0.2, -0.15) is 0 Å². The summed E-state index contributed by atoms with van der Waals surface area (Å²) in [4.78, 5) is 12.4. The Morgan fingerprint density at radius 3 is 2.65 bits per heavy atom. The summed E-state index contributed by atoms with van der Waals surface area (Å²) in [6.45, 7) is 2.41. The van der Waals surface area contributed by atoms with Crippen LogP contribution in [-0.2, 0) is 14.6 Å². The Labute approximate surface area is 136 Å². The standard InChI is InChI=1S/C16H22N2O4S/c1-10-3-6-12(9-14(10)23(2,20)21)17-16(19)18-13-7-8-22-15(13)11-4-5-11/h3,6,9,11,13,15H,4-5,7-8H2,1-2H3,(H2,17,18,19). The van der Waals surface area contributed by atoms with Crippen LogP contribution < -0.4 is 10.6 Å². The lowest BCUT2D eigenvalue weighted by molar-refractivity contribution is 0.0829. The number of aryl methyl sites for hydroxylation is 1. The average molecular weight is 338 g/mol. The highest BCUT2D eigenvalue weighted by molar-refractivity contribution is 7.90. The van der Waals surface area contributed by atoms with Crippen molar-refractivity contribution in [3.63, 3.8) is 0 Å². The fourth-order valence-electron chi connectivity index (χ4n) is 3.07. The van der Waals surface area contributed by atoms with Gasteiger partial charge in [0.1, 0.15) is 0 Å². The number of amides is 2. The summed E-state index contributed by atoms with van der Waals surface area (Å²) in [5.41, 5.74) is 1.13. The quantitative estimate of drug-likeness (QED) is 0.880. The number of rotatable bonds is 4. The van der Waals surface area contributed by atoms with Crippen molar-refractivity contribution in [1.29, 1.82) is 0 Å². The molecule has 1 saturated carbocycles. The van der Waals surface area contributed by atoms with Crippen LogP contribution in [0.3, 0.4) is 0 Å². The lowest BCUT2D eigenvalue weighted by Gasteiger charge is -2.20. The Kier molecular flexibility index (Phi) is 4.33. The number of carbonyl (C=O) groups excluding carboxylic acids is 1. The van der Waals surface area contributed by atoms with Crippen molar-refractivity contribution in [3.8, 4) is 0 Å². The molecule has 2 atom stereocenters. The topological polar surface area (TPSA) is 84.5 Å². The molecule has 1 saturated heterocycles. The third-order valence-corrected chi connectivity index (χ3v) is 5.62. The van der Waals surface area contributed by atoms with Crippen molar-refractivity contribution in [3.05, 3.63) is 23.8 Å². The van der Waals surface area contributed by atoms with Crippen molar-refractivity contribution in [2.75, 3.05) is 18.2 Å². The lowest BCUT2D eigenvalue weighted by atomic mass is 10.1. The first-order valence-corrected chi connectivity index (χ1v) is 9.73. The minimum atomic E-state index is -3.32. The molecule has 2 amide bonds. The van der Waals surface area contributed by atoms with Crippen LogP contribution in [0, 0.1) is 12.8 Å². The predicted molar refractivity (Wildman–Crippen MR) is 87.3 cm³/mol. The van der Waals surface area contributed by atoms with Gasteiger partial charge in [-0.1, -0.05) is 6.07 Å². The number of ether oxygens (including phenoxy) is 1. The molecule has 1 aromatic carbocycles. The van der Waals surface area contributed by atoms with Crippen LogP contribution in [0.25, 0.3) is 0 Å². The highest BCUT2D eigenvalue weighted by atomic mass is 32.2. The van der Waals surface area contributed by atoms with Gasteiger partial charge in [0.25, 0.3) is 0 Å². The Morgan fingerprint density at radius 2 is 2.00 bits per heavy atom. The van der Waals surface area contributed by atoms with E-state index in [2.05, 4.69) is 10.6 Å². The van der Waals surface area contributed by atoms with Crippen molar-refractivity contribution >= 4 is 21.6 Å². The average Bonchev–Trinajstić information content (AvgIpc) is 3.20. The monoisotopic (exact) mass is 338 g/mol. The lowest BCUT2D eigenvalue weighted by Crippen LogP contribution is -2.43. The molecule has 2 aliphatic rings. The maximum atomic E-state index is 12.2. The molecular formula is C16H22N2O4S. The van der Waals surface area contributed by atoms with E-state index in [1.54, 1.807) is 19.1 Å². The Bertz CT molecular complexity index is 713. The van der Waals surface area contributed by atoms with Gasteiger partial charge in [0.05, 0.1) is 17.0 Å².